The van der Waals surface area contributed by atoms with Crippen molar-refractivity contribution in [3.8, 4) is 0 Å². The summed E-state index contributed by atoms with van der Waals surface area (Å²) in [6, 6.07) is 11.7. The van der Waals surface area contributed by atoms with Crippen molar-refractivity contribution < 1.29 is 8.42 Å². The van der Waals surface area contributed by atoms with Crippen LogP contribution < -0.4 is 5.56 Å². The molecule has 2 aromatic carbocycles. The van der Waals surface area contributed by atoms with E-state index in [1.165, 1.54) is 30.2 Å². The Bertz CT molecular complexity index is 1240. The van der Waals surface area contributed by atoms with Gasteiger partial charge in [-0.15, -0.1) is 6.58 Å². The van der Waals surface area contributed by atoms with Crippen LogP contribution in [0.25, 0.3) is 10.9 Å². The molecule has 0 aliphatic rings. The molecule has 0 bridgehead atoms. The van der Waals surface area contributed by atoms with Crippen molar-refractivity contribution >= 4 is 44.3 Å². The lowest BCUT2D eigenvalue weighted by atomic mass is 10.2. The maximum atomic E-state index is 12.9. The van der Waals surface area contributed by atoms with E-state index in [9.17, 15) is 13.2 Å². The molecule has 0 spiro atoms. The summed E-state index contributed by atoms with van der Waals surface area (Å²) >= 11 is 7.41. The van der Waals surface area contributed by atoms with Gasteiger partial charge in [0.05, 0.1) is 15.8 Å². The minimum absolute atomic E-state index is 0.169. The van der Waals surface area contributed by atoms with E-state index >= 15 is 0 Å². The molecule has 0 amide bonds. The second-order valence-corrected chi connectivity index (χ2v) is 10.0. The third-order valence-electron chi connectivity index (χ3n) is 4.24. The lowest BCUT2D eigenvalue weighted by Gasteiger charge is -2.13. The lowest BCUT2D eigenvalue weighted by Crippen LogP contribution is -2.23. The van der Waals surface area contributed by atoms with E-state index in [4.69, 9.17) is 11.6 Å². The van der Waals surface area contributed by atoms with Gasteiger partial charge in [-0.2, -0.15) is 0 Å². The van der Waals surface area contributed by atoms with E-state index in [1.54, 1.807) is 47.0 Å². The molecule has 0 atom stereocenters. The summed E-state index contributed by atoms with van der Waals surface area (Å²) in [5.74, 6) is 0.451. The van der Waals surface area contributed by atoms with Crippen molar-refractivity contribution in [1.82, 2.24) is 13.9 Å². The highest BCUT2D eigenvalue weighted by Gasteiger charge is 2.17. The molecule has 0 N–H and O–H groups in total. The number of fused-ring (bicyclic) bond motifs is 1. The van der Waals surface area contributed by atoms with Crippen molar-refractivity contribution in [1.29, 1.82) is 0 Å². The van der Waals surface area contributed by atoms with Gasteiger partial charge in [0.25, 0.3) is 5.56 Å². The Balaban J connectivity index is 1.98. The summed E-state index contributed by atoms with van der Waals surface area (Å²) in [6.07, 6.45) is 1.64. The fourth-order valence-corrected chi connectivity index (χ4v) is 4.82. The van der Waals surface area contributed by atoms with Crippen molar-refractivity contribution in [3.63, 3.8) is 0 Å². The molecule has 9 heteroatoms. The molecule has 1 heterocycles. The summed E-state index contributed by atoms with van der Waals surface area (Å²) in [6.45, 7) is 4.04. The fourth-order valence-electron chi connectivity index (χ4n) is 2.73. The van der Waals surface area contributed by atoms with Gasteiger partial charge in [0, 0.05) is 31.4 Å². The number of sulfonamides is 1. The number of allylic oxidation sites excluding steroid dienone is 1. The van der Waals surface area contributed by atoms with Gasteiger partial charge in [0.1, 0.15) is 0 Å². The monoisotopic (exact) mass is 449 g/mol. The maximum Gasteiger partial charge on any atom is 0.262 e. The first-order valence-electron chi connectivity index (χ1n) is 8.69. The Morgan fingerprint density at radius 2 is 2.00 bits per heavy atom. The van der Waals surface area contributed by atoms with Gasteiger partial charge in [-0.05, 0) is 35.9 Å². The average Bonchev–Trinajstić information content (AvgIpc) is 2.68. The molecule has 6 nitrogen and oxygen atoms in total. The Hall–Kier alpha value is -2.13. The van der Waals surface area contributed by atoms with Crippen LogP contribution >= 0.6 is 23.4 Å². The third kappa shape index (κ3) is 4.56. The molecular weight excluding hydrogens is 430 g/mol. The van der Waals surface area contributed by atoms with Crippen LogP contribution in [-0.4, -0.2) is 36.4 Å². The molecule has 0 radical (unpaired) electrons. The van der Waals surface area contributed by atoms with Crippen LogP contribution in [0, 0.1) is 0 Å². The third-order valence-corrected chi connectivity index (χ3v) is 7.33. The van der Waals surface area contributed by atoms with Crippen LogP contribution in [0.15, 0.2) is 70.0 Å². The normalized spacial score (nSPS) is 11.9. The summed E-state index contributed by atoms with van der Waals surface area (Å²) in [7, 11) is -0.524. The van der Waals surface area contributed by atoms with Crippen molar-refractivity contribution in [2.24, 2.45) is 0 Å². The van der Waals surface area contributed by atoms with Gasteiger partial charge >= 0.3 is 0 Å². The quantitative estimate of drug-likeness (QED) is 0.312. The molecule has 0 aliphatic carbocycles. The lowest BCUT2D eigenvalue weighted by molar-refractivity contribution is 0.520. The number of halogens is 1. The van der Waals surface area contributed by atoms with E-state index in [2.05, 4.69) is 11.6 Å². The molecule has 0 unspecified atom stereocenters. The molecule has 0 saturated heterocycles. The first kappa shape index (κ1) is 21.6. The van der Waals surface area contributed by atoms with Crippen molar-refractivity contribution in [2.75, 3.05) is 14.1 Å². The number of nitrogens with zero attached hydrogens (tertiary/aromatic N) is 3. The molecule has 1 aromatic heterocycles. The maximum absolute atomic E-state index is 12.9. The Kier molecular flexibility index (Phi) is 6.48. The smallest absolute Gasteiger partial charge is 0.262 e. The number of thioether (sulfide) groups is 1. The summed E-state index contributed by atoms with van der Waals surface area (Å²) in [5.41, 5.74) is 1.16. The van der Waals surface area contributed by atoms with Crippen molar-refractivity contribution in [2.45, 2.75) is 22.3 Å². The summed E-state index contributed by atoms with van der Waals surface area (Å²) in [5, 5.41) is 1.51. The summed E-state index contributed by atoms with van der Waals surface area (Å²) in [4.78, 5) is 17.7. The topological polar surface area (TPSA) is 72.3 Å². The number of benzene rings is 2. The van der Waals surface area contributed by atoms with Crippen molar-refractivity contribution in [3.05, 3.63) is 76.1 Å². The van der Waals surface area contributed by atoms with E-state index in [1.807, 2.05) is 6.07 Å². The van der Waals surface area contributed by atoms with Gasteiger partial charge in [-0.3, -0.25) is 9.36 Å². The number of rotatable bonds is 7. The molecule has 152 valence electrons. The first-order valence-corrected chi connectivity index (χ1v) is 11.5. The van der Waals surface area contributed by atoms with E-state index in [0.717, 1.165) is 5.56 Å². The Morgan fingerprint density at radius 3 is 2.69 bits per heavy atom. The van der Waals surface area contributed by atoms with Gasteiger partial charge in [-0.25, -0.2) is 17.7 Å². The fraction of sp³-hybridized carbons (Fsp3) is 0.200. The Morgan fingerprint density at radius 1 is 1.24 bits per heavy atom. The predicted molar refractivity (Wildman–Crippen MR) is 118 cm³/mol. The first-order chi connectivity index (χ1) is 13.7. The van der Waals surface area contributed by atoms with Crippen LogP contribution in [0.3, 0.4) is 0 Å². The highest BCUT2D eigenvalue weighted by molar-refractivity contribution is 7.98. The van der Waals surface area contributed by atoms with E-state index in [-0.39, 0.29) is 10.5 Å². The number of aromatic nitrogens is 2. The minimum atomic E-state index is -3.51. The molecule has 29 heavy (non-hydrogen) atoms. The Labute approximate surface area is 178 Å². The highest BCUT2D eigenvalue weighted by Crippen LogP contribution is 2.25. The molecule has 3 rings (SSSR count). The second kappa shape index (κ2) is 8.71. The molecule has 0 aliphatic heterocycles. The SMILES string of the molecule is C=CCn1c(SCc2cccc(S(=O)(=O)N(C)C)c2)nc2cc(Cl)ccc2c1=O. The van der Waals surface area contributed by atoms with Gasteiger partial charge in [0.2, 0.25) is 10.0 Å². The summed E-state index contributed by atoms with van der Waals surface area (Å²) < 4.78 is 27.4. The minimum Gasteiger partial charge on any atom is -0.283 e. The second-order valence-electron chi connectivity index (χ2n) is 6.48. The zero-order chi connectivity index (χ0) is 21.2. The largest absolute Gasteiger partial charge is 0.283 e. The van der Waals surface area contributed by atoms with E-state index < -0.39 is 10.0 Å². The zero-order valence-corrected chi connectivity index (χ0v) is 18.4. The van der Waals surface area contributed by atoms with E-state index in [0.29, 0.717) is 33.4 Å². The molecule has 0 saturated carbocycles. The zero-order valence-electron chi connectivity index (χ0n) is 16.0. The molecule has 3 aromatic rings. The average molecular weight is 450 g/mol. The standard InChI is InChI=1S/C20H20ClN3O3S2/c1-4-10-24-19(25)17-9-8-15(21)12-18(17)22-20(24)28-13-14-6-5-7-16(11-14)29(26,27)23(2)3/h4-9,11-12H,1,10,13H2,2-3H3. The number of hydrogen-bond acceptors (Lipinski definition) is 5. The molecular formula is C20H20ClN3O3S2. The number of hydrogen-bond donors (Lipinski definition) is 0. The highest BCUT2D eigenvalue weighted by atomic mass is 35.5. The van der Waals surface area contributed by atoms with Gasteiger partial charge in [-0.1, -0.05) is 41.6 Å². The van der Waals surface area contributed by atoms with Gasteiger partial charge < -0.3 is 0 Å². The van der Waals surface area contributed by atoms with Crippen LogP contribution in [0.4, 0.5) is 0 Å². The predicted octanol–water partition coefficient (Wildman–Crippen LogP) is 3.78. The van der Waals surface area contributed by atoms with Crippen LogP contribution in [0.5, 0.6) is 0 Å². The van der Waals surface area contributed by atoms with Crippen LogP contribution in [-0.2, 0) is 22.3 Å². The van der Waals surface area contributed by atoms with Crippen LogP contribution in [0.1, 0.15) is 5.56 Å². The van der Waals surface area contributed by atoms with Gasteiger partial charge in [0.15, 0.2) is 5.16 Å². The molecule has 0 fully saturated rings. The van der Waals surface area contributed by atoms with Crippen LogP contribution in [0.2, 0.25) is 5.02 Å².